The summed E-state index contributed by atoms with van der Waals surface area (Å²) < 4.78 is 14.8. The van der Waals surface area contributed by atoms with Gasteiger partial charge in [-0.3, -0.25) is 0 Å². The van der Waals surface area contributed by atoms with E-state index in [9.17, 15) is 0 Å². The zero-order chi connectivity index (χ0) is 7.82. The lowest BCUT2D eigenvalue weighted by atomic mass is 10.8. The first-order valence-corrected chi connectivity index (χ1v) is 4.48. The first-order chi connectivity index (χ1) is 4.85. The van der Waals surface area contributed by atoms with E-state index in [1.54, 1.807) is 14.2 Å². The highest BCUT2D eigenvalue weighted by Gasteiger charge is 2.04. The highest BCUT2D eigenvalue weighted by atomic mass is 28.2. The molecule has 0 radical (unpaired) electrons. The highest BCUT2D eigenvalue weighted by Crippen LogP contribution is 1.87. The lowest BCUT2D eigenvalue weighted by Gasteiger charge is -2.11. The Morgan fingerprint density at radius 3 is 2.40 bits per heavy atom. The second kappa shape index (κ2) is 7.17. The molecular weight excluding hydrogens is 152 g/mol. The quantitative estimate of drug-likeness (QED) is 0.301. The smallest absolute Gasteiger partial charge is 0.223 e. The minimum absolute atomic E-state index is 0.0626. The average molecular weight is 166 g/mol. The third-order valence-electron chi connectivity index (χ3n) is 1.02. The van der Waals surface area contributed by atoms with E-state index in [4.69, 9.17) is 19.0 Å². The fourth-order valence-electron chi connectivity index (χ4n) is 0.476. The Morgan fingerprint density at radius 1 is 1.40 bits per heavy atom. The lowest BCUT2D eigenvalue weighted by Crippen LogP contribution is -2.24. The van der Waals surface area contributed by atoms with Crippen molar-refractivity contribution in [1.82, 2.24) is 0 Å². The van der Waals surface area contributed by atoms with Crippen LogP contribution in [0.25, 0.3) is 0 Å². The van der Waals surface area contributed by atoms with Gasteiger partial charge >= 0.3 is 0 Å². The predicted molar refractivity (Wildman–Crippen MR) is 39.4 cm³/mol. The van der Waals surface area contributed by atoms with Gasteiger partial charge in [-0.2, -0.15) is 0 Å². The van der Waals surface area contributed by atoms with Crippen molar-refractivity contribution >= 4 is 9.76 Å². The van der Waals surface area contributed by atoms with Crippen LogP contribution in [0.2, 0.25) is 0 Å². The molecule has 0 saturated carbocycles. The minimum atomic E-state index is -0.790. The Balaban J connectivity index is 3.09. The van der Waals surface area contributed by atoms with Crippen molar-refractivity contribution < 1.29 is 19.0 Å². The van der Waals surface area contributed by atoms with Gasteiger partial charge in [0.1, 0.15) is 0 Å². The summed E-state index contributed by atoms with van der Waals surface area (Å²) in [6.07, 6.45) is 0. The fourth-order valence-corrected chi connectivity index (χ4v) is 1.24. The van der Waals surface area contributed by atoms with Gasteiger partial charge < -0.3 is 19.0 Å². The molecule has 0 aliphatic carbocycles. The molecule has 5 heteroatoms. The van der Waals surface area contributed by atoms with E-state index in [1.807, 2.05) is 0 Å². The van der Waals surface area contributed by atoms with Crippen LogP contribution in [0, 0.1) is 0 Å². The molecule has 0 bridgehead atoms. The summed E-state index contributed by atoms with van der Waals surface area (Å²) in [5.41, 5.74) is 0. The van der Waals surface area contributed by atoms with Gasteiger partial charge in [0, 0.05) is 14.2 Å². The molecular formula is C5H14O4Si. The Kier molecular flexibility index (Phi) is 7.21. The molecule has 0 aromatic carbocycles. The molecule has 0 rings (SSSR count). The van der Waals surface area contributed by atoms with E-state index in [1.165, 1.54) is 0 Å². The van der Waals surface area contributed by atoms with Gasteiger partial charge in [0.2, 0.25) is 9.76 Å². The van der Waals surface area contributed by atoms with Gasteiger partial charge in [-0.15, -0.1) is 0 Å². The third-order valence-corrected chi connectivity index (χ3v) is 2.48. The second-order valence-electron chi connectivity index (χ2n) is 1.70. The van der Waals surface area contributed by atoms with Crippen molar-refractivity contribution in [1.29, 1.82) is 0 Å². The Labute approximate surface area is 63.0 Å². The van der Waals surface area contributed by atoms with E-state index in [0.717, 1.165) is 0 Å². The van der Waals surface area contributed by atoms with Crippen LogP contribution in [0.1, 0.15) is 0 Å². The van der Waals surface area contributed by atoms with Crippen molar-refractivity contribution in [3.63, 3.8) is 0 Å². The van der Waals surface area contributed by atoms with Gasteiger partial charge in [-0.1, -0.05) is 0 Å². The molecule has 0 heterocycles. The normalized spacial score (nSPS) is 12.0. The maximum absolute atomic E-state index is 8.34. The molecule has 0 amide bonds. The summed E-state index contributed by atoms with van der Waals surface area (Å²) >= 11 is 0. The summed E-state index contributed by atoms with van der Waals surface area (Å²) in [7, 11) is 2.36. The van der Waals surface area contributed by atoms with Gasteiger partial charge in [0.25, 0.3) is 0 Å². The molecule has 1 N–H and O–H groups in total. The number of aliphatic hydroxyl groups is 1. The summed E-state index contributed by atoms with van der Waals surface area (Å²) in [4.78, 5) is 0. The van der Waals surface area contributed by atoms with Crippen LogP contribution in [-0.4, -0.2) is 48.2 Å². The van der Waals surface area contributed by atoms with Crippen LogP contribution in [0.15, 0.2) is 0 Å². The van der Waals surface area contributed by atoms with E-state index >= 15 is 0 Å². The molecule has 0 aromatic rings. The van der Waals surface area contributed by atoms with Gasteiger partial charge in [0.15, 0.2) is 5.91 Å². The minimum Gasteiger partial charge on any atom is -0.416 e. The van der Waals surface area contributed by atoms with Crippen LogP contribution >= 0.6 is 0 Å². The molecule has 0 aromatic heterocycles. The van der Waals surface area contributed by atoms with E-state index < -0.39 is 9.76 Å². The maximum Gasteiger partial charge on any atom is 0.223 e. The Hall–Kier alpha value is 0.0569. The van der Waals surface area contributed by atoms with Crippen molar-refractivity contribution in [3.8, 4) is 0 Å². The zero-order valence-electron chi connectivity index (χ0n) is 6.37. The van der Waals surface area contributed by atoms with Crippen LogP contribution < -0.4 is 0 Å². The largest absolute Gasteiger partial charge is 0.416 e. The summed E-state index contributed by atoms with van der Waals surface area (Å²) in [5.74, 6) is -0.188. The number of aliphatic hydroxyl groups excluding tert-OH is 1. The van der Waals surface area contributed by atoms with Gasteiger partial charge in [0.05, 0.1) is 13.2 Å². The number of ether oxygens (including phenoxy) is 2. The molecule has 0 fully saturated rings. The number of methoxy groups -OCH3 is 2. The standard InChI is InChI=1S/C5H14O4Si/c1-7-5(8-2)10-9-4-3-6/h5-6H,3-4,10H2,1-2H3. The third kappa shape index (κ3) is 4.89. The number of hydrogen-bond acceptors (Lipinski definition) is 4. The van der Waals surface area contributed by atoms with Crippen molar-refractivity contribution in [2.45, 2.75) is 5.91 Å². The molecule has 0 aliphatic rings. The molecule has 0 saturated heterocycles. The van der Waals surface area contributed by atoms with E-state index in [2.05, 4.69) is 0 Å². The molecule has 0 atom stereocenters. The molecule has 10 heavy (non-hydrogen) atoms. The lowest BCUT2D eigenvalue weighted by molar-refractivity contribution is -0.0532. The molecule has 0 aliphatic heterocycles. The van der Waals surface area contributed by atoms with Crippen LogP contribution in [0.5, 0.6) is 0 Å². The highest BCUT2D eigenvalue weighted by molar-refractivity contribution is 6.28. The summed E-state index contributed by atoms with van der Waals surface area (Å²) in [5, 5.41) is 8.34. The maximum atomic E-state index is 8.34. The molecule has 0 spiro atoms. The first-order valence-electron chi connectivity index (χ1n) is 3.09. The number of rotatable bonds is 6. The summed E-state index contributed by atoms with van der Waals surface area (Å²) in [6, 6.07) is 0. The van der Waals surface area contributed by atoms with Gasteiger partial charge in [-0.05, 0) is 0 Å². The van der Waals surface area contributed by atoms with Crippen LogP contribution in [-0.2, 0) is 13.9 Å². The van der Waals surface area contributed by atoms with E-state index in [-0.39, 0.29) is 12.5 Å². The monoisotopic (exact) mass is 166 g/mol. The topological polar surface area (TPSA) is 47.9 Å². The number of hydrogen-bond donors (Lipinski definition) is 1. The SMILES string of the molecule is COC(OC)[SiH2]OCCO. The predicted octanol–water partition coefficient (Wildman–Crippen LogP) is -1.34. The molecule has 0 unspecified atom stereocenters. The van der Waals surface area contributed by atoms with Crippen molar-refractivity contribution in [2.24, 2.45) is 0 Å². The van der Waals surface area contributed by atoms with E-state index in [0.29, 0.717) is 6.61 Å². The average Bonchev–Trinajstić information content (AvgIpc) is 1.99. The fraction of sp³-hybridized carbons (Fsp3) is 1.00. The van der Waals surface area contributed by atoms with Crippen LogP contribution in [0.4, 0.5) is 0 Å². The van der Waals surface area contributed by atoms with Gasteiger partial charge in [-0.25, -0.2) is 0 Å². The second-order valence-corrected chi connectivity index (χ2v) is 3.11. The Morgan fingerprint density at radius 2 is 2.00 bits per heavy atom. The molecule has 4 nitrogen and oxygen atoms in total. The molecule has 62 valence electrons. The summed E-state index contributed by atoms with van der Waals surface area (Å²) in [6.45, 7) is 0.447. The first kappa shape index (κ1) is 10.1. The zero-order valence-corrected chi connectivity index (χ0v) is 7.78. The van der Waals surface area contributed by atoms with Crippen molar-refractivity contribution in [3.05, 3.63) is 0 Å². The van der Waals surface area contributed by atoms with Crippen LogP contribution in [0.3, 0.4) is 0 Å². The Bertz CT molecular complexity index is 66.7. The van der Waals surface area contributed by atoms with Crippen molar-refractivity contribution in [2.75, 3.05) is 27.4 Å².